The maximum Gasteiger partial charge on any atom is 0.406 e. The lowest BCUT2D eigenvalue weighted by molar-refractivity contribution is -0.165. The highest BCUT2D eigenvalue weighted by Crippen LogP contribution is 2.18. The first-order valence-corrected chi connectivity index (χ1v) is 5.08. The van der Waals surface area contributed by atoms with Crippen LogP contribution in [0.1, 0.15) is 13.8 Å². The van der Waals surface area contributed by atoms with Crippen molar-refractivity contribution in [3.63, 3.8) is 0 Å². The third-order valence-corrected chi connectivity index (χ3v) is 2.14. The molecule has 1 aromatic heterocycles. The standard InChI is InChI=1S/C8H13F3N6O/c1-5(2)16(4-8(9,10)11)6(18)3-17-7(12)13-14-15-17/h5H,3-4H2,1-2H3,(H2,12,13,15). The molecule has 1 amide bonds. The monoisotopic (exact) mass is 266 g/mol. The molecule has 0 spiro atoms. The van der Waals surface area contributed by atoms with Crippen LogP contribution >= 0.6 is 0 Å². The van der Waals surface area contributed by atoms with E-state index in [0.29, 0.717) is 4.90 Å². The number of alkyl halides is 3. The first-order valence-electron chi connectivity index (χ1n) is 5.08. The Kier molecular flexibility index (Phi) is 4.09. The number of tetrazole rings is 1. The Bertz CT molecular complexity index is 415. The highest BCUT2D eigenvalue weighted by atomic mass is 19.4. The van der Waals surface area contributed by atoms with Crippen LogP contribution in [0.15, 0.2) is 0 Å². The van der Waals surface area contributed by atoms with Gasteiger partial charge in [0.2, 0.25) is 11.9 Å². The van der Waals surface area contributed by atoms with E-state index in [1.165, 1.54) is 13.8 Å². The van der Waals surface area contributed by atoms with Crippen molar-refractivity contribution < 1.29 is 18.0 Å². The molecule has 0 aliphatic carbocycles. The van der Waals surface area contributed by atoms with Gasteiger partial charge in [0.25, 0.3) is 0 Å². The lowest BCUT2D eigenvalue weighted by atomic mass is 10.3. The van der Waals surface area contributed by atoms with Crippen LogP contribution < -0.4 is 5.73 Å². The van der Waals surface area contributed by atoms with Gasteiger partial charge in [-0.25, -0.2) is 4.68 Å². The summed E-state index contributed by atoms with van der Waals surface area (Å²) in [5, 5.41) is 9.93. The fourth-order valence-corrected chi connectivity index (χ4v) is 1.29. The van der Waals surface area contributed by atoms with Gasteiger partial charge in [-0.1, -0.05) is 5.10 Å². The van der Waals surface area contributed by atoms with E-state index in [1.54, 1.807) is 0 Å². The number of nitrogens with zero attached hydrogens (tertiary/aromatic N) is 5. The molecule has 0 aliphatic rings. The van der Waals surface area contributed by atoms with E-state index in [0.717, 1.165) is 4.68 Å². The van der Waals surface area contributed by atoms with E-state index >= 15 is 0 Å². The van der Waals surface area contributed by atoms with Gasteiger partial charge in [0.05, 0.1) is 0 Å². The largest absolute Gasteiger partial charge is 0.406 e. The van der Waals surface area contributed by atoms with Crippen molar-refractivity contribution in [2.75, 3.05) is 12.3 Å². The predicted octanol–water partition coefficient (Wildman–Crippen LogP) is 0.0546. The zero-order chi connectivity index (χ0) is 13.9. The van der Waals surface area contributed by atoms with Crippen molar-refractivity contribution in [1.82, 2.24) is 25.1 Å². The SMILES string of the molecule is CC(C)N(CC(F)(F)F)C(=O)Cn1nnnc1N. The van der Waals surface area contributed by atoms with Crippen LogP contribution in [0.4, 0.5) is 19.1 Å². The number of carbonyl (C=O) groups is 1. The Labute approximate surface area is 101 Å². The van der Waals surface area contributed by atoms with E-state index < -0.39 is 31.2 Å². The van der Waals surface area contributed by atoms with Gasteiger partial charge in [-0.05, 0) is 24.3 Å². The lowest BCUT2D eigenvalue weighted by Crippen LogP contribution is -2.44. The molecule has 1 rings (SSSR count). The number of halogens is 3. The minimum Gasteiger partial charge on any atom is -0.367 e. The van der Waals surface area contributed by atoms with Gasteiger partial charge in [-0.15, -0.1) is 0 Å². The van der Waals surface area contributed by atoms with Crippen LogP contribution in [0.2, 0.25) is 0 Å². The van der Waals surface area contributed by atoms with Gasteiger partial charge >= 0.3 is 6.18 Å². The van der Waals surface area contributed by atoms with E-state index in [9.17, 15) is 18.0 Å². The smallest absolute Gasteiger partial charge is 0.367 e. The molecule has 0 bridgehead atoms. The molecule has 0 fully saturated rings. The second kappa shape index (κ2) is 5.19. The first-order chi connectivity index (χ1) is 8.20. The molecule has 1 heterocycles. The van der Waals surface area contributed by atoms with Crippen LogP contribution in [-0.4, -0.2) is 49.8 Å². The van der Waals surface area contributed by atoms with Crippen molar-refractivity contribution in [2.24, 2.45) is 0 Å². The summed E-state index contributed by atoms with van der Waals surface area (Å²) in [7, 11) is 0. The number of aromatic nitrogens is 4. The summed E-state index contributed by atoms with van der Waals surface area (Å²) >= 11 is 0. The van der Waals surface area contributed by atoms with Gasteiger partial charge < -0.3 is 10.6 Å². The quantitative estimate of drug-likeness (QED) is 0.832. The number of amides is 1. The molecular weight excluding hydrogens is 253 g/mol. The van der Waals surface area contributed by atoms with E-state index in [2.05, 4.69) is 15.5 Å². The number of hydrogen-bond donors (Lipinski definition) is 1. The van der Waals surface area contributed by atoms with Gasteiger partial charge in [-0.2, -0.15) is 13.2 Å². The molecule has 0 aliphatic heterocycles. The predicted molar refractivity (Wildman–Crippen MR) is 55.1 cm³/mol. The van der Waals surface area contributed by atoms with Crippen molar-refractivity contribution in [3.8, 4) is 0 Å². The average molecular weight is 266 g/mol. The van der Waals surface area contributed by atoms with Crippen LogP contribution in [0, 0.1) is 0 Å². The molecule has 0 saturated carbocycles. The summed E-state index contributed by atoms with van der Waals surface area (Å²) < 4.78 is 37.9. The fraction of sp³-hybridized carbons (Fsp3) is 0.750. The molecule has 0 radical (unpaired) electrons. The molecule has 0 unspecified atom stereocenters. The minimum atomic E-state index is -4.45. The molecule has 0 atom stereocenters. The Balaban J connectivity index is 2.75. The third kappa shape index (κ3) is 3.86. The van der Waals surface area contributed by atoms with Crippen LogP contribution in [-0.2, 0) is 11.3 Å². The summed E-state index contributed by atoms with van der Waals surface area (Å²) in [6.45, 7) is 1.25. The first kappa shape index (κ1) is 14.2. The van der Waals surface area contributed by atoms with Crippen molar-refractivity contribution in [3.05, 3.63) is 0 Å². The van der Waals surface area contributed by atoms with Gasteiger partial charge in [0, 0.05) is 6.04 Å². The fourth-order valence-electron chi connectivity index (χ4n) is 1.29. The number of rotatable bonds is 4. The van der Waals surface area contributed by atoms with Gasteiger partial charge in [0.1, 0.15) is 13.1 Å². The second-order valence-electron chi connectivity index (χ2n) is 3.93. The Morgan fingerprint density at radius 1 is 1.50 bits per heavy atom. The van der Waals surface area contributed by atoms with Crippen molar-refractivity contribution in [2.45, 2.75) is 32.6 Å². The maximum atomic E-state index is 12.3. The van der Waals surface area contributed by atoms with E-state index in [1.807, 2.05) is 0 Å². The van der Waals surface area contributed by atoms with E-state index in [4.69, 9.17) is 5.73 Å². The summed E-state index contributed by atoms with van der Waals surface area (Å²) in [5.41, 5.74) is 5.33. The molecule has 1 aromatic rings. The van der Waals surface area contributed by atoms with Crippen LogP contribution in [0.3, 0.4) is 0 Å². The number of carbonyl (C=O) groups excluding carboxylic acids is 1. The number of hydrogen-bond acceptors (Lipinski definition) is 5. The number of nitrogens with two attached hydrogens (primary N) is 1. The molecular formula is C8H13F3N6O. The molecule has 0 saturated heterocycles. The Morgan fingerprint density at radius 2 is 2.11 bits per heavy atom. The number of nitrogen functional groups attached to an aromatic ring is 1. The van der Waals surface area contributed by atoms with E-state index in [-0.39, 0.29) is 5.95 Å². The zero-order valence-electron chi connectivity index (χ0n) is 9.85. The summed E-state index contributed by atoms with van der Waals surface area (Å²) in [5.74, 6) is -0.875. The normalized spacial score (nSPS) is 11.9. The minimum absolute atomic E-state index is 0.126. The van der Waals surface area contributed by atoms with Crippen LogP contribution in [0.5, 0.6) is 0 Å². The Morgan fingerprint density at radius 3 is 2.50 bits per heavy atom. The molecule has 10 heteroatoms. The summed E-state index contributed by atoms with van der Waals surface area (Å²) in [6, 6.07) is -0.586. The zero-order valence-corrected chi connectivity index (χ0v) is 9.85. The van der Waals surface area contributed by atoms with Crippen molar-refractivity contribution >= 4 is 11.9 Å². The van der Waals surface area contributed by atoms with Crippen molar-refractivity contribution in [1.29, 1.82) is 0 Å². The molecule has 18 heavy (non-hydrogen) atoms. The summed E-state index contributed by atoms with van der Waals surface area (Å²) in [6.07, 6.45) is -4.45. The highest BCUT2D eigenvalue weighted by molar-refractivity contribution is 5.76. The van der Waals surface area contributed by atoms with Crippen LogP contribution in [0.25, 0.3) is 0 Å². The topological polar surface area (TPSA) is 89.9 Å². The summed E-state index contributed by atoms with van der Waals surface area (Å²) in [4.78, 5) is 12.4. The number of anilines is 1. The second-order valence-corrected chi connectivity index (χ2v) is 3.93. The molecule has 0 aromatic carbocycles. The lowest BCUT2D eigenvalue weighted by Gasteiger charge is -2.27. The molecule has 2 N–H and O–H groups in total. The third-order valence-electron chi connectivity index (χ3n) is 2.14. The molecule has 7 nitrogen and oxygen atoms in total. The highest BCUT2D eigenvalue weighted by Gasteiger charge is 2.34. The Hall–Kier alpha value is -1.87. The molecule has 102 valence electrons. The van der Waals surface area contributed by atoms with Gasteiger partial charge in [-0.3, -0.25) is 4.79 Å². The van der Waals surface area contributed by atoms with Gasteiger partial charge in [0.15, 0.2) is 0 Å². The maximum absolute atomic E-state index is 12.3. The average Bonchev–Trinajstić information content (AvgIpc) is 2.59.